The van der Waals surface area contributed by atoms with Gasteiger partial charge in [0.2, 0.25) is 5.75 Å². The summed E-state index contributed by atoms with van der Waals surface area (Å²) < 4.78 is 29.0. The van der Waals surface area contributed by atoms with Gasteiger partial charge in [0, 0.05) is 6.42 Å². The van der Waals surface area contributed by atoms with Crippen molar-refractivity contribution in [1.29, 1.82) is 0 Å². The summed E-state index contributed by atoms with van der Waals surface area (Å²) in [5.74, 6) is 1.88. The summed E-state index contributed by atoms with van der Waals surface area (Å²) in [5.41, 5.74) is 1.02. The van der Waals surface area contributed by atoms with E-state index in [-0.39, 0.29) is 12.4 Å². The van der Waals surface area contributed by atoms with E-state index >= 15 is 0 Å². The first-order valence-corrected chi connectivity index (χ1v) is 8.25. The van der Waals surface area contributed by atoms with Gasteiger partial charge in [-0.25, -0.2) is 0 Å². The number of rotatable bonds is 8. The van der Waals surface area contributed by atoms with E-state index < -0.39 is 0 Å². The van der Waals surface area contributed by atoms with Gasteiger partial charge < -0.3 is 28.2 Å². The standard InChI is InChI=1S/C18H30NO5/c1-19(2,3)9-10-23-17-8-7-14(24-17)13-11-15(20-4)18(22-6)16(12-13)21-5/h11-12,14,17H,7-10H2,1-6H3/q+1. The van der Waals surface area contributed by atoms with Gasteiger partial charge >= 0.3 is 0 Å². The highest BCUT2D eigenvalue weighted by Crippen LogP contribution is 2.43. The second-order valence-corrected chi connectivity index (χ2v) is 6.98. The molecule has 2 rings (SSSR count). The van der Waals surface area contributed by atoms with Gasteiger partial charge in [-0.15, -0.1) is 0 Å². The van der Waals surface area contributed by atoms with Crippen molar-refractivity contribution >= 4 is 0 Å². The lowest BCUT2D eigenvalue weighted by molar-refractivity contribution is -0.871. The molecule has 1 fully saturated rings. The highest BCUT2D eigenvalue weighted by atomic mass is 16.7. The molecule has 24 heavy (non-hydrogen) atoms. The Hall–Kier alpha value is -1.50. The molecule has 1 heterocycles. The zero-order valence-corrected chi connectivity index (χ0v) is 15.6. The number of hydrogen-bond acceptors (Lipinski definition) is 5. The highest BCUT2D eigenvalue weighted by molar-refractivity contribution is 5.54. The molecular weight excluding hydrogens is 310 g/mol. The summed E-state index contributed by atoms with van der Waals surface area (Å²) in [6, 6.07) is 3.89. The van der Waals surface area contributed by atoms with Crippen LogP contribution in [0.1, 0.15) is 24.5 Å². The molecule has 1 aromatic rings. The summed E-state index contributed by atoms with van der Waals surface area (Å²) in [4.78, 5) is 0. The van der Waals surface area contributed by atoms with E-state index in [1.807, 2.05) is 12.1 Å². The summed E-state index contributed by atoms with van der Waals surface area (Å²) in [6.07, 6.45) is 1.63. The highest BCUT2D eigenvalue weighted by Gasteiger charge is 2.29. The van der Waals surface area contributed by atoms with E-state index in [9.17, 15) is 0 Å². The maximum atomic E-state index is 6.05. The quantitative estimate of drug-likeness (QED) is 0.681. The molecule has 1 aliphatic heterocycles. The molecule has 0 spiro atoms. The Balaban J connectivity index is 2.02. The Bertz CT molecular complexity index is 516. The molecular formula is C18H30NO5+. The predicted octanol–water partition coefficient (Wildman–Crippen LogP) is 2.61. The van der Waals surface area contributed by atoms with Crippen LogP contribution in [0.3, 0.4) is 0 Å². The van der Waals surface area contributed by atoms with Gasteiger partial charge in [0.1, 0.15) is 6.54 Å². The van der Waals surface area contributed by atoms with Gasteiger partial charge in [-0.1, -0.05) is 0 Å². The monoisotopic (exact) mass is 340 g/mol. The fraction of sp³-hybridized carbons (Fsp3) is 0.667. The summed E-state index contributed by atoms with van der Waals surface area (Å²) in [7, 11) is 11.3. The van der Waals surface area contributed by atoms with Crippen LogP contribution in [0.15, 0.2) is 12.1 Å². The number of methoxy groups -OCH3 is 3. The van der Waals surface area contributed by atoms with Crippen molar-refractivity contribution in [2.24, 2.45) is 0 Å². The Morgan fingerprint density at radius 1 is 1.00 bits per heavy atom. The molecule has 1 saturated heterocycles. The number of quaternary nitrogens is 1. The fourth-order valence-corrected chi connectivity index (χ4v) is 2.72. The van der Waals surface area contributed by atoms with Crippen LogP contribution in [0, 0.1) is 0 Å². The van der Waals surface area contributed by atoms with E-state index in [1.54, 1.807) is 21.3 Å². The topological polar surface area (TPSA) is 46.2 Å². The average molecular weight is 340 g/mol. The molecule has 0 amide bonds. The van der Waals surface area contributed by atoms with E-state index in [0.29, 0.717) is 23.9 Å². The lowest BCUT2D eigenvalue weighted by atomic mass is 10.1. The maximum absolute atomic E-state index is 6.05. The Labute approximate surface area is 144 Å². The van der Waals surface area contributed by atoms with Crippen LogP contribution < -0.4 is 14.2 Å². The SMILES string of the molecule is COc1cc(C2CCC(OCC[N+](C)(C)C)O2)cc(OC)c1OC. The smallest absolute Gasteiger partial charge is 0.203 e. The molecule has 0 bridgehead atoms. The van der Waals surface area contributed by atoms with Crippen molar-refractivity contribution in [1.82, 2.24) is 0 Å². The van der Waals surface area contributed by atoms with Gasteiger partial charge in [0.25, 0.3) is 0 Å². The van der Waals surface area contributed by atoms with Crippen LogP contribution in [0.4, 0.5) is 0 Å². The molecule has 2 unspecified atom stereocenters. The molecule has 1 aliphatic rings. The molecule has 136 valence electrons. The largest absolute Gasteiger partial charge is 0.493 e. The molecule has 1 aromatic carbocycles. The average Bonchev–Trinajstić information content (AvgIpc) is 3.01. The Kier molecular flexibility index (Phi) is 6.32. The molecule has 0 radical (unpaired) electrons. The molecule has 0 aliphatic carbocycles. The third kappa shape index (κ3) is 4.75. The van der Waals surface area contributed by atoms with Crippen molar-refractivity contribution in [2.45, 2.75) is 25.2 Å². The maximum Gasteiger partial charge on any atom is 0.203 e. The summed E-state index contributed by atoms with van der Waals surface area (Å²) >= 11 is 0. The molecule has 6 heteroatoms. The number of ether oxygens (including phenoxy) is 5. The van der Waals surface area contributed by atoms with Gasteiger partial charge in [-0.05, 0) is 24.1 Å². The van der Waals surface area contributed by atoms with Crippen molar-refractivity contribution in [2.75, 3.05) is 55.6 Å². The minimum Gasteiger partial charge on any atom is -0.493 e. The fourth-order valence-electron chi connectivity index (χ4n) is 2.72. The second-order valence-electron chi connectivity index (χ2n) is 6.98. The second kappa shape index (κ2) is 8.05. The van der Waals surface area contributed by atoms with E-state index in [4.69, 9.17) is 23.7 Å². The van der Waals surface area contributed by atoms with Crippen LogP contribution >= 0.6 is 0 Å². The van der Waals surface area contributed by atoms with Crippen LogP contribution in [0.2, 0.25) is 0 Å². The van der Waals surface area contributed by atoms with Crippen molar-refractivity contribution in [3.05, 3.63) is 17.7 Å². The molecule has 0 aromatic heterocycles. The zero-order valence-electron chi connectivity index (χ0n) is 15.6. The number of likely N-dealkylation sites (N-methyl/N-ethyl adjacent to an activating group) is 1. The third-order valence-corrected chi connectivity index (χ3v) is 4.11. The van der Waals surface area contributed by atoms with E-state index in [2.05, 4.69) is 21.1 Å². The number of hydrogen-bond donors (Lipinski definition) is 0. The van der Waals surface area contributed by atoms with Gasteiger partial charge in [0.05, 0.1) is 55.2 Å². The van der Waals surface area contributed by atoms with Crippen LogP contribution in [-0.2, 0) is 9.47 Å². The number of nitrogens with zero attached hydrogens (tertiary/aromatic N) is 1. The Morgan fingerprint density at radius 3 is 2.12 bits per heavy atom. The molecule has 0 saturated carbocycles. The first-order chi connectivity index (χ1) is 11.4. The van der Waals surface area contributed by atoms with Gasteiger partial charge in [0.15, 0.2) is 17.8 Å². The van der Waals surface area contributed by atoms with E-state index in [0.717, 1.165) is 29.4 Å². The minimum atomic E-state index is -0.152. The lowest BCUT2D eigenvalue weighted by Gasteiger charge is -2.24. The van der Waals surface area contributed by atoms with Crippen LogP contribution in [0.25, 0.3) is 0 Å². The van der Waals surface area contributed by atoms with Crippen molar-refractivity contribution < 1.29 is 28.2 Å². The normalized spacial score (nSPS) is 20.9. The molecule has 6 nitrogen and oxygen atoms in total. The lowest BCUT2D eigenvalue weighted by Crippen LogP contribution is -2.38. The predicted molar refractivity (Wildman–Crippen MR) is 91.8 cm³/mol. The Morgan fingerprint density at radius 2 is 1.62 bits per heavy atom. The first kappa shape index (κ1) is 18.8. The van der Waals surface area contributed by atoms with Crippen molar-refractivity contribution in [3.63, 3.8) is 0 Å². The molecule has 2 atom stereocenters. The first-order valence-electron chi connectivity index (χ1n) is 8.25. The summed E-state index contributed by atoms with van der Waals surface area (Å²) in [6.45, 7) is 1.64. The van der Waals surface area contributed by atoms with Crippen molar-refractivity contribution in [3.8, 4) is 17.2 Å². The zero-order chi connectivity index (χ0) is 17.7. The summed E-state index contributed by atoms with van der Waals surface area (Å²) in [5, 5.41) is 0. The molecule has 0 N–H and O–H groups in total. The number of benzene rings is 1. The van der Waals surface area contributed by atoms with Crippen LogP contribution in [-0.4, -0.2) is 66.4 Å². The minimum absolute atomic E-state index is 0.0205. The van der Waals surface area contributed by atoms with Gasteiger partial charge in [-0.3, -0.25) is 0 Å². The van der Waals surface area contributed by atoms with Gasteiger partial charge in [-0.2, -0.15) is 0 Å². The third-order valence-electron chi connectivity index (χ3n) is 4.11. The van der Waals surface area contributed by atoms with E-state index in [1.165, 1.54) is 0 Å². The van der Waals surface area contributed by atoms with Crippen LogP contribution in [0.5, 0.6) is 17.2 Å².